The van der Waals surface area contributed by atoms with Gasteiger partial charge < -0.3 is 10.6 Å². The third kappa shape index (κ3) is 2.29. The maximum absolute atomic E-state index is 13.4. The lowest BCUT2D eigenvalue weighted by Crippen LogP contribution is -2.53. The average Bonchev–Trinajstić information content (AvgIpc) is 3.33. The van der Waals surface area contributed by atoms with Crippen LogP contribution in [0, 0.1) is 19.8 Å². The van der Waals surface area contributed by atoms with Crippen LogP contribution in [0.5, 0.6) is 0 Å². The van der Waals surface area contributed by atoms with Gasteiger partial charge in [0.25, 0.3) is 0 Å². The van der Waals surface area contributed by atoms with Crippen LogP contribution in [0.15, 0.2) is 42.5 Å². The molecule has 0 aromatic heterocycles. The van der Waals surface area contributed by atoms with Gasteiger partial charge in [0.1, 0.15) is 5.54 Å². The van der Waals surface area contributed by atoms with Crippen molar-refractivity contribution in [1.82, 2.24) is 4.90 Å². The van der Waals surface area contributed by atoms with E-state index in [9.17, 15) is 9.59 Å². The number of anilines is 2. The summed E-state index contributed by atoms with van der Waals surface area (Å²) in [6, 6.07) is 14.1. The zero-order valence-electron chi connectivity index (χ0n) is 16.3. The van der Waals surface area contributed by atoms with Crippen LogP contribution in [0.1, 0.15) is 36.0 Å². The first-order chi connectivity index (χ1) is 13.5. The van der Waals surface area contributed by atoms with Crippen molar-refractivity contribution in [3.05, 3.63) is 59.2 Å². The summed E-state index contributed by atoms with van der Waals surface area (Å²) in [6.45, 7) is 4.96. The highest BCUT2D eigenvalue weighted by Gasteiger charge is 2.65. The molecule has 0 aliphatic carbocycles. The van der Waals surface area contributed by atoms with Gasteiger partial charge in [0, 0.05) is 23.0 Å². The third-order valence-corrected chi connectivity index (χ3v) is 6.87. The molecule has 3 atom stereocenters. The number of aryl methyl sites for hydroxylation is 2. The van der Waals surface area contributed by atoms with Crippen molar-refractivity contribution in [2.45, 2.75) is 44.7 Å². The Morgan fingerprint density at radius 2 is 2.00 bits per heavy atom. The molecule has 1 spiro atoms. The fourth-order valence-corrected chi connectivity index (χ4v) is 5.43. The zero-order valence-corrected chi connectivity index (χ0v) is 16.3. The van der Waals surface area contributed by atoms with Crippen LogP contribution in [-0.4, -0.2) is 29.3 Å². The van der Waals surface area contributed by atoms with Crippen LogP contribution in [0.25, 0.3) is 0 Å². The number of nitrogens with zero attached hydrogens (tertiary/aromatic N) is 1. The minimum absolute atomic E-state index is 0.0571. The quantitative estimate of drug-likeness (QED) is 0.844. The molecule has 3 unspecified atom stereocenters. The van der Waals surface area contributed by atoms with E-state index < -0.39 is 11.5 Å². The first-order valence-corrected chi connectivity index (χ1v) is 10.1. The van der Waals surface area contributed by atoms with Gasteiger partial charge in [-0.25, -0.2) is 0 Å². The smallest absolute Gasteiger partial charge is 0.250 e. The Morgan fingerprint density at radius 3 is 2.82 bits per heavy atom. The molecular weight excluding hydrogens is 350 g/mol. The number of hydrogen-bond acceptors (Lipinski definition) is 3. The number of para-hydroxylation sites is 1. The van der Waals surface area contributed by atoms with E-state index in [2.05, 4.69) is 22.5 Å². The number of fused-ring (bicyclic) bond motifs is 4. The highest BCUT2D eigenvalue weighted by Crippen LogP contribution is 2.55. The number of hydrogen-bond donors (Lipinski definition) is 2. The molecule has 2 saturated heterocycles. The van der Waals surface area contributed by atoms with Gasteiger partial charge in [0.2, 0.25) is 11.8 Å². The summed E-state index contributed by atoms with van der Waals surface area (Å²) in [5.74, 6) is -0.522. The average molecular weight is 375 g/mol. The maximum Gasteiger partial charge on any atom is 0.250 e. The Hall–Kier alpha value is -2.66. The van der Waals surface area contributed by atoms with Crippen molar-refractivity contribution in [2.24, 2.45) is 5.92 Å². The van der Waals surface area contributed by atoms with Gasteiger partial charge in [-0.2, -0.15) is 0 Å². The SMILES string of the molecule is Cc1ccc(NC(=O)C2CC3CCCN3C23C(=O)Nc2ccccc23)cc1C. The molecule has 2 aromatic carbocycles. The van der Waals surface area contributed by atoms with E-state index >= 15 is 0 Å². The number of benzene rings is 2. The number of carbonyl (C=O) groups is 2. The van der Waals surface area contributed by atoms with E-state index in [1.807, 2.05) is 49.4 Å². The highest BCUT2D eigenvalue weighted by molar-refractivity contribution is 6.10. The normalized spacial score (nSPS) is 28.3. The predicted octanol–water partition coefficient (Wildman–Crippen LogP) is 3.57. The molecule has 3 aliphatic rings. The first-order valence-electron chi connectivity index (χ1n) is 10.1. The van der Waals surface area contributed by atoms with Crippen molar-refractivity contribution in [3.63, 3.8) is 0 Å². The monoisotopic (exact) mass is 375 g/mol. The summed E-state index contributed by atoms with van der Waals surface area (Å²) in [5.41, 5.74) is 4.03. The van der Waals surface area contributed by atoms with Crippen molar-refractivity contribution in [2.75, 3.05) is 17.2 Å². The molecule has 3 heterocycles. The summed E-state index contributed by atoms with van der Waals surface area (Å²) < 4.78 is 0. The number of rotatable bonds is 2. The fourth-order valence-electron chi connectivity index (χ4n) is 5.43. The van der Waals surface area contributed by atoms with Gasteiger partial charge in [-0.1, -0.05) is 24.3 Å². The molecule has 0 bridgehead atoms. The van der Waals surface area contributed by atoms with Gasteiger partial charge in [0.15, 0.2) is 0 Å². The summed E-state index contributed by atoms with van der Waals surface area (Å²) in [4.78, 5) is 29.1. The molecular formula is C23H25N3O2. The van der Waals surface area contributed by atoms with Gasteiger partial charge in [-0.05, 0) is 69.0 Å². The summed E-state index contributed by atoms with van der Waals surface area (Å²) in [5, 5.41) is 6.15. The van der Waals surface area contributed by atoms with Gasteiger partial charge in [-0.15, -0.1) is 0 Å². The first kappa shape index (κ1) is 17.4. The molecule has 0 saturated carbocycles. The van der Waals surface area contributed by atoms with Crippen molar-refractivity contribution < 1.29 is 9.59 Å². The molecule has 3 aliphatic heterocycles. The number of carbonyl (C=O) groups excluding carboxylic acids is 2. The second kappa shape index (κ2) is 6.17. The Kier molecular flexibility index (Phi) is 3.85. The van der Waals surface area contributed by atoms with E-state index in [4.69, 9.17) is 0 Å². The van der Waals surface area contributed by atoms with Crippen LogP contribution in [0.2, 0.25) is 0 Å². The van der Waals surface area contributed by atoms with E-state index in [1.54, 1.807) is 0 Å². The van der Waals surface area contributed by atoms with Crippen molar-refractivity contribution in [3.8, 4) is 0 Å². The van der Waals surface area contributed by atoms with Gasteiger partial charge >= 0.3 is 0 Å². The lowest BCUT2D eigenvalue weighted by Gasteiger charge is -2.36. The van der Waals surface area contributed by atoms with Crippen LogP contribution >= 0.6 is 0 Å². The van der Waals surface area contributed by atoms with Crippen molar-refractivity contribution >= 4 is 23.2 Å². The Balaban J connectivity index is 1.56. The lowest BCUT2D eigenvalue weighted by molar-refractivity contribution is -0.135. The molecule has 0 radical (unpaired) electrons. The van der Waals surface area contributed by atoms with Gasteiger partial charge in [-0.3, -0.25) is 14.5 Å². The maximum atomic E-state index is 13.4. The molecule has 2 amide bonds. The van der Waals surface area contributed by atoms with Crippen LogP contribution < -0.4 is 10.6 Å². The second-order valence-corrected chi connectivity index (χ2v) is 8.33. The summed E-state index contributed by atoms with van der Waals surface area (Å²) >= 11 is 0. The number of amides is 2. The summed E-state index contributed by atoms with van der Waals surface area (Å²) in [6.07, 6.45) is 2.84. The van der Waals surface area contributed by atoms with E-state index in [-0.39, 0.29) is 17.9 Å². The van der Waals surface area contributed by atoms with E-state index in [0.29, 0.717) is 0 Å². The second-order valence-electron chi connectivity index (χ2n) is 8.33. The molecule has 5 heteroatoms. The lowest BCUT2D eigenvalue weighted by atomic mass is 9.78. The minimum Gasteiger partial charge on any atom is -0.326 e. The third-order valence-electron chi connectivity index (χ3n) is 6.87. The van der Waals surface area contributed by atoms with Crippen molar-refractivity contribution in [1.29, 1.82) is 0 Å². The molecule has 144 valence electrons. The Bertz CT molecular complexity index is 986. The van der Waals surface area contributed by atoms with E-state index in [1.165, 1.54) is 5.56 Å². The van der Waals surface area contributed by atoms with Crippen LogP contribution in [-0.2, 0) is 15.1 Å². The molecule has 2 fully saturated rings. The number of nitrogens with one attached hydrogen (secondary N) is 2. The highest BCUT2D eigenvalue weighted by atomic mass is 16.2. The van der Waals surface area contributed by atoms with Crippen LogP contribution in [0.3, 0.4) is 0 Å². The Labute approximate surface area is 165 Å². The molecule has 5 nitrogen and oxygen atoms in total. The molecule has 5 rings (SSSR count). The van der Waals surface area contributed by atoms with E-state index in [0.717, 1.165) is 48.3 Å². The summed E-state index contributed by atoms with van der Waals surface area (Å²) in [7, 11) is 0. The predicted molar refractivity (Wildman–Crippen MR) is 109 cm³/mol. The Morgan fingerprint density at radius 1 is 1.18 bits per heavy atom. The topological polar surface area (TPSA) is 61.4 Å². The molecule has 2 N–H and O–H groups in total. The van der Waals surface area contributed by atoms with Crippen LogP contribution in [0.4, 0.5) is 11.4 Å². The standard InChI is InChI=1S/C23H25N3O2/c1-14-9-10-16(12-15(14)2)24-21(27)19-13-17-6-5-11-26(17)23(19)18-7-3-4-8-20(18)25-22(23)28/h3-4,7-10,12,17,19H,5-6,11,13H2,1-2H3,(H,24,27)(H,25,28). The fraction of sp³-hybridized carbons (Fsp3) is 0.391. The zero-order chi connectivity index (χ0) is 19.5. The molecule has 2 aromatic rings. The minimum atomic E-state index is -0.887. The largest absolute Gasteiger partial charge is 0.326 e. The molecule has 28 heavy (non-hydrogen) atoms. The van der Waals surface area contributed by atoms with Gasteiger partial charge in [0.05, 0.1) is 5.92 Å².